The van der Waals surface area contributed by atoms with E-state index in [-0.39, 0.29) is 11.9 Å². The van der Waals surface area contributed by atoms with E-state index in [9.17, 15) is 13.2 Å². The lowest BCUT2D eigenvalue weighted by molar-refractivity contribution is -0.917. The second kappa shape index (κ2) is 7.42. The first-order valence-corrected chi connectivity index (χ1v) is 9.53. The maximum Gasteiger partial charge on any atom is 0.275 e. The largest absolute Gasteiger partial charge is 0.365 e. The van der Waals surface area contributed by atoms with Gasteiger partial charge < -0.3 is 10.6 Å². The zero-order valence-corrected chi connectivity index (χ0v) is 14.6. The zero-order valence-electron chi connectivity index (χ0n) is 13.8. The summed E-state index contributed by atoms with van der Waals surface area (Å²) in [5.41, 5.74) is 6.47. The van der Waals surface area contributed by atoms with Gasteiger partial charge in [-0.3, -0.25) is 4.79 Å². The van der Waals surface area contributed by atoms with Crippen LogP contribution in [0.4, 0.5) is 0 Å². The van der Waals surface area contributed by atoms with Crippen LogP contribution in [0.25, 0.3) is 0 Å². The Labute approximate surface area is 138 Å². The molecule has 1 aromatic rings. The van der Waals surface area contributed by atoms with Crippen LogP contribution in [0.1, 0.15) is 25.8 Å². The molecule has 23 heavy (non-hydrogen) atoms. The molecule has 0 radical (unpaired) electrons. The van der Waals surface area contributed by atoms with Gasteiger partial charge in [0.25, 0.3) is 5.91 Å². The predicted octanol–water partition coefficient (Wildman–Crippen LogP) is -0.598. The molecule has 1 aromatic carbocycles. The van der Waals surface area contributed by atoms with Crippen molar-refractivity contribution in [2.75, 3.05) is 26.2 Å². The summed E-state index contributed by atoms with van der Waals surface area (Å²) in [6.07, 6.45) is 1.99. The Bertz CT molecular complexity index is 635. The highest BCUT2D eigenvalue weighted by Gasteiger charge is 2.33. The van der Waals surface area contributed by atoms with E-state index >= 15 is 0 Å². The standard InChI is InChI=1S/C16H25N3O3S/c1-3-4-14-5-7-15(8-6-14)23(21,22)19-11-9-18(10-12-19)13(2)16(17)20/h5-8,13H,3-4,9-12H2,1-2H3,(H2,17,20)/p+1/t13-/m0/s1. The Hall–Kier alpha value is -1.44. The van der Waals surface area contributed by atoms with Crippen LogP contribution in [0.3, 0.4) is 0 Å². The number of hydrogen-bond donors (Lipinski definition) is 2. The molecule has 7 heteroatoms. The SMILES string of the molecule is CCCc1ccc(S(=O)(=O)N2CC[NH+]([C@@H](C)C(N)=O)CC2)cc1. The molecule has 0 saturated carbocycles. The van der Waals surface area contributed by atoms with E-state index < -0.39 is 10.0 Å². The second-order valence-electron chi connectivity index (χ2n) is 6.08. The van der Waals surface area contributed by atoms with Crippen molar-refractivity contribution in [2.24, 2.45) is 5.73 Å². The lowest BCUT2D eigenvalue weighted by atomic mass is 10.1. The van der Waals surface area contributed by atoms with Gasteiger partial charge in [0.05, 0.1) is 31.1 Å². The van der Waals surface area contributed by atoms with Gasteiger partial charge in [0, 0.05) is 0 Å². The Kier molecular flexibility index (Phi) is 5.78. The number of quaternary nitrogens is 1. The van der Waals surface area contributed by atoms with Crippen LogP contribution in [-0.4, -0.2) is 50.9 Å². The van der Waals surface area contributed by atoms with Crippen LogP contribution in [0, 0.1) is 0 Å². The Balaban J connectivity index is 2.05. The Morgan fingerprint density at radius 3 is 2.30 bits per heavy atom. The number of nitrogens with two attached hydrogens (primary N) is 1. The van der Waals surface area contributed by atoms with Crippen LogP contribution < -0.4 is 10.6 Å². The monoisotopic (exact) mass is 340 g/mol. The van der Waals surface area contributed by atoms with E-state index in [1.54, 1.807) is 19.1 Å². The number of amides is 1. The average Bonchev–Trinajstić information content (AvgIpc) is 2.55. The highest BCUT2D eigenvalue weighted by atomic mass is 32.2. The molecule has 1 aliphatic heterocycles. The van der Waals surface area contributed by atoms with E-state index in [1.807, 2.05) is 12.1 Å². The number of nitrogens with one attached hydrogen (secondary N) is 1. The first kappa shape index (κ1) is 17.9. The fourth-order valence-electron chi connectivity index (χ4n) is 2.91. The normalized spacial score (nSPS) is 18.7. The van der Waals surface area contributed by atoms with E-state index in [0.717, 1.165) is 23.3 Å². The number of aryl methyl sites for hydroxylation is 1. The number of sulfonamides is 1. The molecule has 0 bridgehead atoms. The van der Waals surface area contributed by atoms with Crippen molar-refractivity contribution in [3.05, 3.63) is 29.8 Å². The van der Waals surface area contributed by atoms with Crippen molar-refractivity contribution in [2.45, 2.75) is 37.6 Å². The average molecular weight is 340 g/mol. The molecule has 1 aliphatic rings. The molecule has 0 unspecified atom stereocenters. The maximum absolute atomic E-state index is 12.7. The number of hydrogen-bond acceptors (Lipinski definition) is 3. The molecule has 1 atom stereocenters. The third-order valence-electron chi connectivity index (χ3n) is 4.50. The molecular weight excluding hydrogens is 314 g/mol. The van der Waals surface area contributed by atoms with E-state index in [4.69, 9.17) is 5.73 Å². The first-order chi connectivity index (χ1) is 10.9. The lowest BCUT2D eigenvalue weighted by Gasteiger charge is -2.33. The number of piperazine rings is 1. The van der Waals surface area contributed by atoms with Gasteiger partial charge in [-0.25, -0.2) is 8.42 Å². The minimum atomic E-state index is -3.46. The summed E-state index contributed by atoms with van der Waals surface area (Å²) in [5.74, 6) is -0.345. The molecule has 0 aliphatic carbocycles. The molecule has 1 fully saturated rings. The summed E-state index contributed by atoms with van der Waals surface area (Å²) in [7, 11) is -3.46. The van der Waals surface area contributed by atoms with Crippen LogP contribution in [0.15, 0.2) is 29.2 Å². The minimum absolute atomic E-state index is 0.284. The molecule has 1 heterocycles. The summed E-state index contributed by atoms with van der Waals surface area (Å²) in [4.78, 5) is 12.6. The molecule has 1 amide bonds. The summed E-state index contributed by atoms with van der Waals surface area (Å²) in [5, 5.41) is 0. The summed E-state index contributed by atoms with van der Waals surface area (Å²) < 4.78 is 26.9. The van der Waals surface area contributed by atoms with Crippen LogP contribution in [-0.2, 0) is 21.2 Å². The molecule has 128 valence electrons. The van der Waals surface area contributed by atoms with Gasteiger partial charge in [0.2, 0.25) is 10.0 Å². The van der Waals surface area contributed by atoms with Crippen molar-refractivity contribution in [3.63, 3.8) is 0 Å². The van der Waals surface area contributed by atoms with Gasteiger partial charge in [-0.15, -0.1) is 0 Å². The molecule has 2 rings (SSSR count). The van der Waals surface area contributed by atoms with Crippen molar-refractivity contribution in [1.82, 2.24) is 4.31 Å². The lowest BCUT2D eigenvalue weighted by Crippen LogP contribution is -3.19. The third kappa shape index (κ3) is 4.10. The van der Waals surface area contributed by atoms with Crippen molar-refractivity contribution in [3.8, 4) is 0 Å². The summed E-state index contributed by atoms with van der Waals surface area (Å²) in [6.45, 7) is 5.89. The molecule has 3 N–H and O–H groups in total. The number of carbonyl (C=O) groups is 1. The third-order valence-corrected chi connectivity index (χ3v) is 6.42. The molecule has 1 saturated heterocycles. The molecule has 6 nitrogen and oxygen atoms in total. The van der Waals surface area contributed by atoms with E-state index in [0.29, 0.717) is 31.1 Å². The highest BCUT2D eigenvalue weighted by molar-refractivity contribution is 7.89. The number of rotatable bonds is 6. The second-order valence-corrected chi connectivity index (χ2v) is 8.02. The fraction of sp³-hybridized carbons (Fsp3) is 0.562. The van der Waals surface area contributed by atoms with Crippen LogP contribution in [0.2, 0.25) is 0 Å². The van der Waals surface area contributed by atoms with Gasteiger partial charge >= 0.3 is 0 Å². The number of carbonyl (C=O) groups excluding carboxylic acids is 1. The van der Waals surface area contributed by atoms with Gasteiger partial charge in [0.1, 0.15) is 0 Å². The van der Waals surface area contributed by atoms with E-state index in [1.165, 1.54) is 4.31 Å². The topological polar surface area (TPSA) is 84.9 Å². The zero-order chi connectivity index (χ0) is 17.0. The van der Waals surface area contributed by atoms with Crippen LogP contribution in [0.5, 0.6) is 0 Å². The molecule has 0 aromatic heterocycles. The minimum Gasteiger partial charge on any atom is -0.365 e. The van der Waals surface area contributed by atoms with E-state index in [2.05, 4.69) is 6.92 Å². The van der Waals surface area contributed by atoms with Gasteiger partial charge in [-0.2, -0.15) is 4.31 Å². The van der Waals surface area contributed by atoms with Gasteiger partial charge in [-0.1, -0.05) is 25.5 Å². The Morgan fingerprint density at radius 2 is 1.83 bits per heavy atom. The maximum atomic E-state index is 12.7. The predicted molar refractivity (Wildman–Crippen MR) is 88.5 cm³/mol. The van der Waals surface area contributed by atoms with Crippen molar-refractivity contribution in [1.29, 1.82) is 0 Å². The number of primary amides is 1. The Morgan fingerprint density at radius 1 is 1.26 bits per heavy atom. The molecular formula is C16H26N3O3S+. The quantitative estimate of drug-likeness (QED) is 0.725. The van der Waals surface area contributed by atoms with Crippen LogP contribution >= 0.6 is 0 Å². The van der Waals surface area contributed by atoms with Crippen molar-refractivity contribution < 1.29 is 18.1 Å². The number of benzene rings is 1. The van der Waals surface area contributed by atoms with Gasteiger partial charge in [0.15, 0.2) is 6.04 Å². The highest BCUT2D eigenvalue weighted by Crippen LogP contribution is 2.17. The van der Waals surface area contributed by atoms with Gasteiger partial charge in [-0.05, 0) is 31.0 Å². The number of nitrogens with zero attached hydrogens (tertiary/aromatic N) is 1. The smallest absolute Gasteiger partial charge is 0.275 e. The summed E-state index contributed by atoms with van der Waals surface area (Å²) >= 11 is 0. The first-order valence-electron chi connectivity index (χ1n) is 8.09. The summed E-state index contributed by atoms with van der Waals surface area (Å²) in [6, 6.07) is 6.85. The molecule has 0 spiro atoms. The van der Waals surface area contributed by atoms with Crippen molar-refractivity contribution >= 4 is 15.9 Å². The fourth-order valence-corrected chi connectivity index (χ4v) is 4.36.